The van der Waals surface area contributed by atoms with Gasteiger partial charge >= 0.3 is 6.09 Å². The molecule has 0 atom stereocenters. The van der Waals surface area contributed by atoms with Crippen LogP contribution in [-0.2, 0) is 4.74 Å². The summed E-state index contributed by atoms with van der Waals surface area (Å²) < 4.78 is 4.82. The molecule has 0 aromatic rings. The molecule has 1 saturated carbocycles. The lowest BCUT2D eigenvalue weighted by Gasteiger charge is -2.14. The number of hydrogen-bond donors (Lipinski definition) is 1. The van der Waals surface area contributed by atoms with E-state index in [0.29, 0.717) is 6.61 Å². The maximum atomic E-state index is 11.0. The molecule has 64 valence electrons. The molecule has 4 heteroatoms. The van der Waals surface area contributed by atoms with Gasteiger partial charge in [0.15, 0.2) is 0 Å². The Bertz CT molecular complexity index is 145. The van der Waals surface area contributed by atoms with Crippen molar-refractivity contribution in [1.82, 2.24) is 5.01 Å². The summed E-state index contributed by atoms with van der Waals surface area (Å²) in [6.07, 6.45) is 2.47. The van der Waals surface area contributed by atoms with E-state index >= 15 is 0 Å². The smallest absolute Gasteiger partial charge is 0.424 e. The van der Waals surface area contributed by atoms with Gasteiger partial charge in [-0.2, -0.15) is 0 Å². The van der Waals surface area contributed by atoms with Crippen LogP contribution in [0.5, 0.6) is 0 Å². The lowest BCUT2D eigenvalue weighted by molar-refractivity contribution is 0.0998. The molecule has 1 fully saturated rings. The highest BCUT2D eigenvalue weighted by Crippen LogP contribution is 2.24. The number of nitrogens with zero attached hydrogens (tertiary/aromatic N) is 1. The molecule has 0 aliphatic heterocycles. The van der Waals surface area contributed by atoms with E-state index in [1.54, 1.807) is 0 Å². The number of hydrazine groups is 1. The largest absolute Gasteiger partial charge is 0.448 e. The van der Waals surface area contributed by atoms with Crippen LogP contribution in [0.4, 0.5) is 4.79 Å². The average molecular weight is 158 g/mol. The van der Waals surface area contributed by atoms with Crippen molar-refractivity contribution in [3.63, 3.8) is 0 Å². The van der Waals surface area contributed by atoms with Gasteiger partial charge in [-0.15, -0.1) is 0 Å². The van der Waals surface area contributed by atoms with E-state index in [2.05, 4.69) is 0 Å². The summed E-state index contributed by atoms with van der Waals surface area (Å²) in [7, 11) is 0. The zero-order valence-corrected chi connectivity index (χ0v) is 6.75. The number of rotatable bonds is 3. The first kappa shape index (κ1) is 8.33. The Labute approximate surface area is 66.3 Å². The van der Waals surface area contributed by atoms with Gasteiger partial charge in [0.1, 0.15) is 0 Å². The van der Waals surface area contributed by atoms with Crippen molar-refractivity contribution in [3.05, 3.63) is 0 Å². The van der Waals surface area contributed by atoms with Gasteiger partial charge in [-0.05, 0) is 19.3 Å². The van der Waals surface area contributed by atoms with Gasteiger partial charge in [0.25, 0.3) is 0 Å². The summed E-state index contributed by atoms with van der Waals surface area (Å²) in [5.74, 6) is 5.42. The highest BCUT2D eigenvalue weighted by atomic mass is 16.6. The first-order valence-corrected chi connectivity index (χ1v) is 3.96. The van der Waals surface area contributed by atoms with Crippen LogP contribution in [0.2, 0.25) is 0 Å². The van der Waals surface area contributed by atoms with Gasteiger partial charge in [-0.25, -0.2) is 15.6 Å². The molecule has 4 nitrogen and oxygen atoms in total. The Morgan fingerprint density at radius 3 is 2.82 bits per heavy atom. The predicted octanol–water partition coefficient (Wildman–Crippen LogP) is 0.871. The van der Waals surface area contributed by atoms with Crippen molar-refractivity contribution in [2.24, 2.45) is 5.84 Å². The van der Waals surface area contributed by atoms with Crippen LogP contribution in [0, 0.1) is 0 Å². The summed E-state index contributed by atoms with van der Waals surface area (Å²) in [5, 5.41) is 1.19. The maximum absolute atomic E-state index is 11.0. The fourth-order valence-corrected chi connectivity index (χ4v) is 0.766. The van der Waals surface area contributed by atoms with Crippen LogP contribution in [0.1, 0.15) is 26.2 Å². The van der Waals surface area contributed by atoms with E-state index in [-0.39, 0.29) is 6.04 Å². The third-order valence-electron chi connectivity index (χ3n) is 1.58. The quantitative estimate of drug-likeness (QED) is 0.376. The second-order valence-electron chi connectivity index (χ2n) is 2.75. The van der Waals surface area contributed by atoms with Crippen molar-refractivity contribution in [2.45, 2.75) is 32.2 Å². The summed E-state index contributed by atoms with van der Waals surface area (Å²) in [6, 6.07) is 0.236. The number of amides is 1. The molecule has 1 aliphatic carbocycles. The molecule has 0 aromatic carbocycles. The van der Waals surface area contributed by atoms with E-state index in [9.17, 15) is 4.79 Å². The van der Waals surface area contributed by atoms with Gasteiger partial charge in [0.2, 0.25) is 0 Å². The molecule has 2 N–H and O–H groups in total. The second kappa shape index (κ2) is 3.57. The number of hydrogen-bond acceptors (Lipinski definition) is 3. The molecule has 0 saturated heterocycles. The van der Waals surface area contributed by atoms with Crippen LogP contribution >= 0.6 is 0 Å². The molecule has 0 aromatic heterocycles. The number of carbonyl (C=O) groups excluding carboxylic acids is 1. The van der Waals surface area contributed by atoms with E-state index in [1.165, 1.54) is 5.01 Å². The fraction of sp³-hybridized carbons (Fsp3) is 0.857. The molecule has 1 aliphatic rings. The van der Waals surface area contributed by atoms with Crippen molar-refractivity contribution in [1.29, 1.82) is 0 Å². The fourth-order valence-electron chi connectivity index (χ4n) is 0.766. The van der Waals surface area contributed by atoms with Crippen molar-refractivity contribution >= 4 is 6.09 Å². The third kappa shape index (κ3) is 2.38. The Kier molecular flexibility index (Phi) is 2.70. The maximum Gasteiger partial charge on any atom is 0.424 e. The minimum Gasteiger partial charge on any atom is -0.448 e. The predicted molar refractivity (Wildman–Crippen MR) is 40.7 cm³/mol. The third-order valence-corrected chi connectivity index (χ3v) is 1.58. The molecule has 0 unspecified atom stereocenters. The lowest BCUT2D eigenvalue weighted by Crippen LogP contribution is -2.39. The van der Waals surface area contributed by atoms with Gasteiger partial charge in [0, 0.05) is 0 Å². The molecular formula is C7H14N2O2. The lowest BCUT2D eigenvalue weighted by atomic mass is 10.5. The number of carbonyl (C=O) groups is 1. The first-order chi connectivity index (χ1) is 5.25. The Balaban J connectivity index is 2.16. The normalized spacial score (nSPS) is 16.2. The van der Waals surface area contributed by atoms with E-state index < -0.39 is 6.09 Å². The SMILES string of the molecule is CCCOC(=O)N(N)C1CC1. The van der Waals surface area contributed by atoms with Crippen LogP contribution in [0.25, 0.3) is 0 Å². The number of ether oxygens (including phenoxy) is 1. The highest BCUT2D eigenvalue weighted by molar-refractivity contribution is 5.67. The molecular weight excluding hydrogens is 144 g/mol. The van der Waals surface area contributed by atoms with Gasteiger partial charge < -0.3 is 4.74 Å². The summed E-state index contributed by atoms with van der Waals surface area (Å²) in [6.45, 7) is 2.41. The van der Waals surface area contributed by atoms with Crippen LogP contribution in [0.15, 0.2) is 0 Å². The average Bonchev–Trinajstić information content (AvgIpc) is 2.81. The topological polar surface area (TPSA) is 55.6 Å². The Hall–Kier alpha value is -0.770. The van der Waals surface area contributed by atoms with Gasteiger partial charge in [-0.1, -0.05) is 6.92 Å². The summed E-state index contributed by atoms with van der Waals surface area (Å²) in [4.78, 5) is 11.0. The van der Waals surface area contributed by atoms with Gasteiger partial charge in [-0.3, -0.25) is 0 Å². The van der Waals surface area contributed by atoms with Gasteiger partial charge in [0.05, 0.1) is 12.6 Å². The van der Waals surface area contributed by atoms with Crippen molar-refractivity contribution < 1.29 is 9.53 Å². The summed E-state index contributed by atoms with van der Waals surface area (Å²) in [5.41, 5.74) is 0. The first-order valence-electron chi connectivity index (χ1n) is 3.96. The number of nitrogens with two attached hydrogens (primary N) is 1. The van der Waals surface area contributed by atoms with Crippen LogP contribution in [-0.4, -0.2) is 23.8 Å². The molecule has 1 rings (SSSR count). The van der Waals surface area contributed by atoms with E-state index in [1.807, 2.05) is 6.92 Å². The molecule has 11 heavy (non-hydrogen) atoms. The Morgan fingerprint density at radius 1 is 1.73 bits per heavy atom. The standard InChI is InChI=1S/C7H14N2O2/c1-2-5-11-7(10)9(8)6-3-4-6/h6H,2-5,8H2,1H3. The Morgan fingerprint density at radius 2 is 2.36 bits per heavy atom. The monoisotopic (exact) mass is 158 g/mol. The minimum absolute atomic E-state index is 0.236. The molecule has 0 radical (unpaired) electrons. The molecule has 0 spiro atoms. The minimum atomic E-state index is -0.394. The highest BCUT2D eigenvalue weighted by Gasteiger charge is 2.31. The van der Waals surface area contributed by atoms with E-state index in [4.69, 9.17) is 10.6 Å². The van der Waals surface area contributed by atoms with Crippen molar-refractivity contribution in [2.75, 3.05) is 6.61 Å². The van der Waals surface area contributed by atoms with Crippen molar-refractivity contribution in [3.8, 4) is 0 Å². The van der Waals surface area contributed by atoms with Crippen LogP contribution < -0.4 is 5.84 Å². The van der Waals surface area contributed by atoms with E-state index in [0.717, 1.165) is 19.3 Å². The summed E-state index contributed by atoms with van der Waals surface area (Å²) >= 11 is 0. The molecule has 1 amide bonds. The molecule has 0 heterocycles. The zero-order valence-electron chi connectivity index (χ0n) is 6.75. The zero-order chi connectivity index (χ0) is 8.27. The molecule has 0 bridgehead atoms. The second-order valence-corrected chi connectivity index (χ2v) is 2.75. The van der Waals surface area contributed by atoms with Crippen LogP contribution in [0.3, 0.4) is 0 Å².